The van der Waals surface area contributed by atoms with Crippen LogP contribution in [0.25, 0.3) is 10.9 Å². The Balaban J connectivity index is 1.57. The number of nitrogens with one attached hydrogen (secondary N) is 1. The van der Waals surface area contributed by atoms with Gasteiger partial charge in [-0.25, -0.2) is 4.79 Å². The SMILES string of the molecule is O=C(O)c1c2c(cn(CCCn3ncc4ccccc43)c1=O)CNCC2. The Labute approximate surface area is 149 Å². The number of para-hydroxylation sites is 1. The van der Waals surface area contributed by atoms with Gasteiger partial charge in [0, 0.05) is 31.2 Å². The number of benzene rings is 1. The lowest BCUT2D eigenvalue weighted by Crippen LogP contribution is -2.34. The molecular formula is C19H20N4O3. The lowest BCUT2D eigenvalue weighted by molar-refractivity contribution is 0.0692. The van der Waals surface area contributed by atoms with Crippen LogP contribution in [0.2, 0.25) is 0 Å². The molecule has 0 fully saturated rings. The predicted molar refractivity (Wildman–Crippen MR) is 97.4 cm³/mol. The van der Waals surface area contributed by atoms with Gasteiger partial charge in [-0.15, -0.1) is 0 Å². The second-order valence-corrected chi connectivity index (χ2v) is 6.52. The highest BCUT2D eigenvalue weighted by Crippen LogP contribution is 2.17. The summed E-state index contributed by atoms with van der Waals surface area (Å²) in [4.78, 5) is 24.2. The molecule has 0 amide bonds. The molecule has 134 valence electrons. The number of hydrogen-bond acceptors (Lipinski definition) is 4. The molecule has 0 radical (unpaired) electrons. The van der Waals surface area contributed by atoms with Crippen LogP contribution in [-0.2, 0) is 26.1 Å². The van der Waals surface area contributed by atoms with Gasteiger partial charge in [-0.05, 0) is 36.6 Å². The number of nitrogens with zero attached hydrogens (tertiary/aromatic N) is 3. The summed E-state index contributed by atoms with van der Waals surface area (Å²) >= 11 is 0. The molecule has 0 aliphatic carbocycles. The maximum atomic E-state index is 12.6. The Morgan fingerprint density at radius 3 is 2.96 bits per heavy atom. The van der Waals surface area contributed by atoms with Crippen molar-refractivity contribution in [2.45, 2.75) is 32.5 Å². The molecule has 3 heterocycles. The number of rotatable bonds is 5. The average molecular weight is 352 g/mol. The molecule has 0 atom stereocenters. The normalized spacial score (nSPS) is 13.7. The zero-order valence-corrected chi connectivity index (χ0v) is 14.3. The number of carbonyl (C=O) groups is 1. The van der Waals surface area contributed by atoms with E-state index in [0.29, 0.717) is 44.6 Å². The summed E-state index contributed by atoms with van der Waals surface area (Å²) in [7, 11) is 0. The number of carboxylic acids is 1. The van der Waals surface area contributed by atoms with Gasteiger partial charge in [0.05, 0.1) is 11.7 Å². The number of hydrogen-bond donors (Lipinski definition) is 2. The van der Waals surface area contributed by atoms with E-state index in [4.69, 9.17) is 0 Å². The summed E-state index contributed by atoms with van der Waals surface area (Å²) < 4.78 is 3.44. The van der Waals surface area contributed by atoms with E-state index in [1.165, 1.54) is 4.57 Å². The number of pyridine rings is 1. The minimum absolute atomic E-state index is 0.0754. The maximum absolute atomic E-state index is 12.6. The number of aromatic nitrogens is 3. The van der Waals surface area contributed by atoms with Gasteiger partial charge in [0.15, 0.2) is 0 Å². The van der Waals surface area contributed by atoms with Gasteiger partial charge in [0.2, 0.25) is 0 Å². The summed E-state index contributed by atoms with van der Waals surface area (Å²) in [6.07, 6.45) is 4.90. The van der Waals surface area contributed by atoms with E-state index in [-0.39, 0.29) is 5.56 Å². The second kappa shape index (κ2) is 6.76. The van der Waals surface area contributed by atoms with Crippen LogP contribution in [0.1, 0.15) is 27.9 Å². The van der Waals surface area contributed by atoms with Crippen LogP contribution in [0.15, 0.2) is 41.5 Å². The molecule has 0 spiro atoms. The van der Waals surface area contributed by atoms with Gasteiger partial charge < -0.3 is 15.0 Å². The first-order chi connectivity index (χ1) is 12.6. The van der Waals surface area contributed by atoms with Crippen molar-refractivity contribution >= 4 is 16.9 Å². The maximum Gasteiger partial charge on any atom is 0.341 e. The average Bonchev–Trinajstić information content (AvgIpc) is 3.05. The van der Waals surface area contributed by atoms with Gasteiger partial charge in [0.1, 0.15) is 5.56 Å². The zero-order valence-electron chi connectivity index (χ0n) is 14.3. The van der Waals surface area contributed by atoms with Crippen molar-refractivity contribution in [3.05, 3.63) is 63.7 Å². The Morgan fingerprint density at radius 1 is 1.27 bits per heavy atom. The van der Waals surface area contributed by atoms with E-state index in [9.17, 15) is 14.7 Å². The summed E-state index contributed by atoms with van der Waals surface area (Å²) in [5, 5.41) is 18.2. The number of fused-ring (bicyclic) bond motifs is 2. The predicted octanol–water partition coefficient (Wildman–Crippen LogP) is 1.63. The van der Waals surface area contributed by atoms with E-state index in [0.717, 1.165) is 16.5 Å². The fraction of sp³-hybridized carbons (Fsp3) is 0.316. The molecule has 0 unspecified atom stereocenters. The van der Waals surface area contributed by atoms with Crippen molar-refractivity contribution in [1.82, 2.24) is 19.7 Å². The van der Waals surface area contributed by atoms with Crippen molar-refractivity contribution in [3.8, 4) is 0 Å². The van der Waals surface area contributed by atoms with Crippen molar-refractivity contribution in [3.63, 3.8) is 0 Å². The molecule has 0 saturated carbocycles. The first-order valence-corrected chi connectivity index (χ1v) is 8.75. The Kier molecular flexibility index (Phi) is 4.30. The fourth-order valence-corrected chi connectivity index (χ4v) is 3.61. The van der Waals surface area contributed by atoms with E-state index in [1.807, 2.05) is 35.1 Å². The Morgan fingerprint density at radius 2 is 2.12 bits per heavy atom. The van der Waals surface area contributed by atoms with Gasteiger partial charge in [-0.3, -0.25) is 9.48 Å². The highest BCUT2D eigenvalue weighted by Gasteiger charge is 2.22. The van der Waals surface area contributed by atoms with E-state index in [2.05, 4.69) is 10.4 Å². The number of aryl methyl sites for hydroxylation is 2. The molecule has 1 aliphatic heterocycles. The molecule has 7 heteroatoms. The minimum atomic E-state index is -1.14. The monoisotopic (exact) mass is 352 g/mol. The second-order valence-electron chi connectivity index (χ2n) is 6.52. The van der Waals surface area contributed by atoms with Gasteiger partial charge in [-0.2, -0.15) is 5.10 Å². The molecule has 0 bridgehead atoms. The van der Waals surface area contributed by atoms with Crippen molar-refractivity contribution < 1.29 is 9.90 Å². The third-order valence-electron chi connectivity index (χ3n) is 4.88. The largest absolute Gasteiger partial charge is 0.477 e. The van der Waals surface area contributed by atoms with Crippen LogP contribution in [-0.4, -0.2) is 32.0 Å². The minimum Gasteiger partial charge on any atom is -0.477 e. The first kappa shape index (κ1) is 16.5. The molecule has 4 rings (SSSR count). The highest BCUT2D eigenvalue weighted by atomic mass is 16.4. The lowest BCUT2D eigenvalue weighted by atomic mass is 9.98. The zero-order chi connectivity index (χ0) is 18.1. The van der Waals surface area contributed by atoms with Crippen molar-refractivity contribution in [2.24, 2.45) is 0 Å². The van der Waals surface area contributed by atoms with Crippen molar-refractivity contribution in [2.75, 3.05) is 6.54 Å². The summed E-state index contributed by atoms with van der Waals surface area (Å²) in [5.41, 5.74) is 2.14. The Bertz CT molecular complexity index is 1030. The van der Waals surface area contributed by atoms with E-state index < -0.39 is 11.5 Å². The lowest BCUT2D eigenvalue weighted by Gasteiger charge is -2.20. The number of carboxylic acid groups (broad SMARTS) is 1. The molecule has 0 saturated heterocycles. The Hall–Kier alpha value is -2.93. The molecule has 26 heavy (non-hydrogen) atoms. The first-order valence-electron chi connectivity index (χ1n) is 8.75. The van der Waals surface area contributed by atoms with Crippen LogP contribution in [0.3, 0.4) is 0 Å². The standard InChI is InChI=1S/C19H20N4O3/c24-18-17(19(25)26)15-6-7-20-10-14(15)12-22(18)8-3-9-23-16-5-2-1-4-13(16)11-21-23/h1-2,4-5,11-12,20H,3,6-10H2,(H,25,26). The molecule has 2 N–H and O–H groups in total. The van der Waals surface area contributed by atoms with E-state index in [1.54, 1.807) is 6.20 Å². The molecule has 1 aromatic carbocycles. The highest BCUT2D eigenvalue weighted by molar-refractivity contribution is 5.89. The van der Waals surface area contributed by atoms with Crippen LogP contribution < -0.4 is 10.9 Å². The fourth-order valence-electron chi connectivity index (χ4n) is 3.61. The molecular weight excluding hydrogens is 332 g/mol. The molecule has 3 aromatic rings. The van der Waals surface area contributed by atoms with Crippen LogP contribution in [0.5, 0.6) is 0 Å². The topological polar surface area (TPSA) is 89.2 Å². The molecule has 1 aliphatic rings. The third-order valence-corrected chi connectivity index (χ3v) is 4.88. The third kappa shape index (κ3) is 2.90. The van der Waals surface area contributed by atoms with Crippen molar-refractivity contribution in [1.29, 1.82) is 0 Å². The van der Waals surface area contributed by atoms with Crippen LogP contribution in [0, 0.1) is 0 Å². The molecule has 2 aromatic heterocycles. The summed E-state index contributed by atoms with van der Waals surface area (Å²) in [5.74, 6) is -1.14. The van der Waals surface area contributed by atoms with Gasteiger partial charge >= 0.3 is 5.97 Å². The van der Waals surface area contributed by atoms with Gasteiger partial charge in [0.25, 0.3) is 5.56 Å². The summed E-state index contributed by atoms with van der Waals surface area (Å²) in [6.45, 7) is 2.42. The van der Waals surface area contributed by atoms with E-state index >= 15 is 0 Å². The smallest absolute Gasteiger partial charge is 0.341 e. The number of aromatic carboxylic acids is 1. The molecule has 7 nitrogen and oxygen atoms in total. The quantitative estimate of drug-likeness (QED) is 0.729. The van der Waals surface area contributed by atoms with Crippen LogP contribution in [0.4, 0.5) is 0 Å². The van der Waals surface area contributed by atoms with Gasteiger partial charge in [-0.1, -0.05) is 18.2 Å². The summed E-state index contributed by atoms with van der Waals surface area (Å²) in [6, 6.07) is 7.98. The van der Waals surface area contributed by atoms with Crippen LogP contribution >= 0.6 is 0 Å².